The van der Waals surface area contributed by atoms with E-state index in [1.54, 1.807) is 7.11 Å². The van der Waals surface area contributed by atoms with Gasteiger partial charge in [-0.1, -0.05) is 11.6 Å². The Labute approximate surface area is 110 Å². The lowest BCUT2D eigenvalue weighted by Crippen LogP contribution is -2.36. The van der Waals surface area contributed by atoms with Crippen molar-refractivity contribution in [2.75, 3.05) is 13.7 Å². The Kier molecular flexibility index (Phi) is 5.17. The highest BCUT2D eigenvalue weighted by molar-refractivity contribution is 5.38. The maximum atomic E-state index is 10.2. The number of ether oxygens (including phenoxy) is 1. The van der Waals surface area contributed by atoms with E-state index in [0.29, 0.717) is 6.42 Å². The summed E-state index contributed by atoms with van der Waals surface area (Å²) in [4.78, 5) is 0. The van der Waals surface area contributed by atoms with Crippen LogP contribution in [-0.4, -0.2) is 24.3 Å². The molecule has 0 heterocycles. The van der Waals surface area contributed by atoms with E-state index < -0.39 is 6.10 Å². The van der Waals surface area contributed by atoms with Gasteiger partial charge in [0.2, 0.25) is 0 Å². The van der Waals surface area contributed by atoms with Crippen molar-refractivity contribution in [1.82, 2.24) is 5.32 Å². The summed E-state index contributed by atoms with van der Waals surface area (Å²) in [6, 6.07) is 5.88. The number of aryl methyl sites for hydroxylation is 1. The minimum atomic E-state index is -0.491. The molecule has 0 saturated heterocycles. The van der Waals surface area contributed by atoms with E-state index in [0.717, 1.165) is 23.4 Å². The maximum absolute atomic E-state index is 10.2. The Morgan fingerprint density at radius 1 is 1.33 bits per heavy atom. The number of nitrogens with one attached hydrogen (secondary N) is 1. The summed E-state index contributed by atoms with van der Waals surface area (Å²) in [7, 11) is 1.63. The van der Waals surface area contributed by atoms with Gasteiger partial charge in [0.25, 0.3) is 0 Å². The SMILES string of the molecule is COc1ccc(C)cc1C(O)CCNC(C)(C)C. The van der Waals surface area contributed by atoms with Gasteiger partial charge in [-0.15, -0.1) is 0 Å². The first kappa shape index (κ1) is 15.0. The molecule has 1 atom stereocenters. The second-order valence-corrected chi connectivity index (χ2v) is 5.73. The molecule has 1 rings (SSSR count). The van der Waals surface area contributed by atoms with E-state index in [-0.39, 0.29) is 5.54 Å². The molecule has 0 radical (unpaired) electrons. The summed E-state index contributed by atoms with van der Waals surface area (Å²) in [5.74, 6) is 0.754. The third-order valence-electron chi connectivity index (χ3n) is 2.82. The fourth-order valence-electron chi connectivity index (χ4n) is 1.85. The zero-order valence-electron chi connectivity index (χ0n) is 12.1. The Bertz CT molecular complexity index is 383. The van der Waals surface area contributed by atoms with Crippen molar-refractivity contribution >= 4 is 0 Å². The average Bonchev–Trinajstić information content (AvgIpc) is 2.27. The maximum Gasteiger partial charge on any atom is 0.124 e. The third-order valence-corrected chi connectivity index (χ3v) is 2.82. The summed E-state index contributed by atoms with van der Waals surface area (Å²) in [6.07, 6.45) is 0.187. The first-order valence-corrected chi connectivity index (χ1v) is 6.41. The van der Waals surface area contributed by atoms with Crippen LogP contribution in [0, 0.1) is 6.92 Å². The van der Waals surface area contributed by atoms with Crippen molar-refractivity contribution in [2.45, 2.75) is 45.8 Å². The smallest absolute Gasteiger partial charge is 0.124 e. The lowest BCUT2D eigenvalue weighted by atomic mass is 10.0. The lowest BCUT2D eigenvalue weighted by molar-refractivity contribution is 0.159. The summed E-state index contributed by atoms with van der Waals surface area (Å²) in [5, 5.41) is 13.6. The van der Waals surface area contributed by atoms with E-state index in [9.17, 15) is 5.11 Å². The molecule has 0 aliphatic rings. The van der Waals surface area contributed by atoms with Crippen molar-refractivity contribution in [2.24, 2.45) is 0 Å². The molecule has 18 heavy (non-hydrogen) atoms. The minimum absolute atomic E-state index is 0.0798. The predicted molar refractivity (Wildman–Crippen MR) is 75.1 cm³/mol. The number of aliphatic hydroxyl groups excluding tert-OH is 1. The molecule has 0 saturated carbocycles. The van der Waals surface area contributed by atoms with Crippen LogP contribution in [0.25, 0.3) is 0 Å². The fraction of sp³-hybridized carbons (Fsp3) is 0.600. The molecule has 0 aromatic heterocycles. The van der Waals surface area contributed by atoms with E-state index in [1.165, 1.54) is 0 Å². The molecule has 102 valence electrons. The van der Waals surface area contributed by atoms with Crippen LogP contribution < -0.4 is 10.1 Å². The Morgan fingerprint density at radius 2 is 2.00 bits per heavy atom. The number of hydrogen-bond acceptors (Lipinski definition) is 3. The molecule has 0 spiro atoms. The van der Waals surface area contributed by atoms with Gasteiger partial charge in [-0.25, -0.2) is 0 Å². The van der Waals surface area contributed by atoms with Crippen molar-refractivity contribution in [1.29, 1.82) is 0 Å². The highest BCUT2D eigenvalue weighted by Crippen LogP contribution is 2.28. The monoisotopic (exact) mass is 251 g/mol. The molecule has 1 unspecified atom stereocenters. The first-order valence-electron chi connectivity index (χ1n) is 6.41. The average molecular weight is 251 g/mol. The zero-order chi connectivity index (χ0) is 13.8. The molecule has 3 nitrogen and oxygen atoms in total. The highest BCUT2D eigenvalue weighted by atomic mass is 16.5. The van der Waals surface area contributed by atoms with Gasteiger partial charge in [0.1, 0.15) is 5.75 Å². The molecule has 2 N–H and O–H groups in total. The third kappa shape index (κ3) is 4.67. The van der Waals surface area contributed by atoms with Crippen molar-refractivity contribution in [3.05, 3.63) is 29.3 Å². The normalized spacial score (nSPS) is 13.4. The molecule has 1 aromatic rings. The number of aliphatic hydroxyl groups is 1. The van der Waals surface area contributed by atoms with Gasteiger partial charge in [-0.05, 0) is 52.8 Å². The molecule has 0 fully saturated rings. The van der Waals surface area contributed by atoms with Crippen molar-refractivity contribution in [3.8, 4) is 5.75 Å². The Hall–Kier alpha value is -1.06. The topological polar surface area (TPSA) is 41.5 Å². The zero-order valence-corrected chi connectivity index (χ0v) is 12.1. The van der Waals surface area contributed by atoms with Gasteiger partial charge < -0.3 is 15.2 Å². The van der Waals surface area contributed by atoms with Crippen molar-refractivity contribution in [3.63, 3.8) is 0 Å². The van der Waals surface area contributed by atoms with E-state index in [2.05, 4.69) is 26.1 Å². The standard InChI is InChI=1S/C15H25NO2/c1-11-6-7-14(18-5)12(10-11)13(17)8-9-16-15(2,3)4/h6-7,10,13,16-17H,8-9H2,1-5H3. The highest BCUT2D eigenvalue weighted by Gasteiger charge is 2.15. The van der Waals surface area contributed by atoms with Gasteiger partial charge in [0.15, 0.2) is 0 Å². The summed E-state index contributed by atoms with van der Waals surface area (Å²) < 4.78 is 5.29. The van der Waals surface area contributed by atoms with Crippen LogP contribution in [0.4, 0.5) is 0 Å². The Balaban J connectivity index is 2.66. The van der Waals surface area contributed by atoms with Gasteiger partial charge in [-0.2, -0.15) is 0 Å². The Morgan fingerprint density at radius 3 is 2.56 bits per heavy atom. The summed E-state index contributed by atoms with van der Waals surface area (Å²) >= 11 is 0. The van der Waals surface area contributed by atoms with Crippen LogP contribution in [-0.2, 0) is 0 Å². The van der Waals surface area contributed by atoms with Gasteiger partial charge in [0, 0.05) is 11.1 Å². The van der Waals surface area contributed by atoms with Gasteiger partial charge in [-0.3, -0.25) is 0 Å². The van der Waals surface area contributed by atoms with E-state index >= 15 is 0 Å². The predicted octanol–water partition coefficient (Wildman–Crippen LogP) is 2.82. The molecule has 0 bridgehead atoms. The molecular formula is C15H25NO2. The number of rotatable bonds is 5. The van der Waals surface area contributed by atoms with Crippen LogP contribution in [0.5, 0.6) is 5.75 Å². The molecule has 0 amide bonds. The van der Waals surface area contributed by atoms with Crippen LogP contribution in [0.3, 0.4) is 0 Å². The van der Waals surface area contributed by atoms with Crippen LogP contribution >= 0.6 is 0 Å². The number of hydrogen-bond donors (Lipinski definition) is 2. The van der Waals surface area contributed by atoms with E-state index in [4.69, 9.17) is 4.74 Å². The lowest BCUT2D eigenvalue weighted by Gasteiger charge is -2.22. The van der Waals surface area contributed by atoms with E-state index in [1.807, 2.05) is 25.1 Å². The number of methoxy groups -OCH3 is 1. The largest absolute Gasteiger partial charge is 0.496 e. The summed E-state index contributed by atoms with van der Waals surface area (Å²) in [6.45, 7) is 9.15. The summed E-state index contributed by atoms with van der Waals surface area (Å²) in [5.41, 5.74) is 2.08. The minimum Gasteiger partial charge on any atom is -0.496 e. The van der Waals surface area contributed by atoms with Crippen molar-refractivity contribution < 1.29 is 9.84 Å². The second kappa shape index (κ2) is 6.21. The molecule has 0 aliphatic carbocycles. The molecule has 0 aliphatic heterocycles. The molecule has 1 aromatic carbocycles. The molecule has 3 heteroatoms. The fourth-order valence-corrected chi connectivity index (χ4v) is 1.85. The van der Waals surface area contributed by atoms with Gasteiger partial charge >= 0.3 is 0 Å². The quantitative estimate of drug-likeness (QED) is 0.845. The van der Waals surface area contributed by atoms with Crippen LogP contribution in [0.1, 0.15) is 44.4 Å². The number of benzene rings is 1. The first-order chi connectivity index (χ1) is 8.33. The van der Waals surface area contributed by atoms with Crippen LogP contribution in [0.2, 0.25) is 0 Å². The van der Waals surface area contributed by atoms with Crippen LogP contribution in [0.15, 0.2) is 18.2 Å². The van der Waals surface area contributed by atoms with Gasteiger partial charge in [0.05, 0.1) is 13.2 Å². The molecular weight excluding hydrogens is 226 g/mol. The second-order valence-electron chi connectivity index (χ2n) is 5.73.